The van der Waals surface area contributed by atoms with Gasteiger partial charge >= 0.3 is 6.03 Å². The van der Waals surface area contributed by atoms with Gasteiger partial charge in [-0.2, -0.15) is 5.10 Å². The normalized spacial score (nSPS) is 11.1. The fraction of sp³-hybridized carbons (Fsp3) is 0.250. The number of aromatic nitrogens is 3. The van der Waals surface area contributed by atoms with Gasteiger partial charge in [0.05, 0.1) is 5.69 Å². The van der Waals surface area contributed by atoms with E-state index in [1.807, 2.05) is 49.5 Å². The first-order chi connectivity index (χ1) is 12.8. The SMILES string of the molecule is Cn1nc(C(C)(C)C)cc1NC(=O)Nc1ccc(Nc2ccncc2)cc1. The van der Waals surface area contributed by atoms with Crippen molar-refractivity contribution >= 4 is 28.9 Å². The highest BCUT2D eigenvalue weighted by Gasteiger charge is 2.19. The summed E-state index contributed by atoms with van der Waals surface area (Å²) in [5, 5.41) is 13.4. The van der Waals surface area contributed by atoms with Crippen LogP contribution in [0.1, 0.15) is 26.5 Å². The summed E-state index contributed by atoms with van der Waals surface area (Å²) in [5.74, 6) is 0.647. The Morgan fingerprint density at radius 2 is 1.52 bits per heavy atom. The van der Waals surface area contributed by atoms with Crippen molar-refractivity contribution in [3.05, 3.63) is 60.6 Å². The molecular weight excluding hydrogens is 340 g/mol. The van der Waals surface area contributed by atoms with Crippen molar-refractivity contribution < 1.29 is 4.79 Å². The molecule has 1 aromatic carbocycles. The number of rotatable bonds is 4. The Balaban J connectivity index is 1.60. The van der Waals surface area contributed by atoms with Gasteiger partial charge < -0.3 is 10.6 Å². The summed E-state index contributed by atoms with van der Waals surface area (Å²) in [7, 11) is 1.81. The minimum absolute atomic E-state index is 0.0776. The van der Waals surface area contributed by atoms with E-state index in [9.17, 15) is 4.79 Å². The van der Waals surface area contributed by atoms with Crippen LogP contribution in [0.2, 0.25) is 0 Å². The van der Waals surface area contributed by atoms with E-state index < -0.39 is 0 Å². The summed E-state index contributed by atoms with van der Waals surface area (Å²) >= 11 is 0. The van der Waals surface area contributed by atoms with Crippen LogP contribution in [-0.4, -0.2) is 20.8 Å². The molecular formula is C20H24N6O. The zero-order chi connectivity index (χ0) is 19.4. The zero-order valence-corrected chi connectivity index (χ0v) is 15.9. The number of pyridine rings is 1. The molecule has 0 atom stereocenters. The van der Waals surface area contributed by atoms with Gasteiger partial charge in [0.15, 0.2) is 0 Å². The fourth-order valence-electron chi connectivity index (χ4n) is 2.47. The molecule has 0 aliphatic heterocycles. The highest BCUT2D eigenvalue weighted by Crippen LogP contribution is 2.23. The first-order valence-corrected chi connectivity index (χ1v) is 8.71. The smallest absolute Gasteiger partial charge is 0.324 e. The number of hydrogen-bond acceptors (Lipinski definition) is 4. The predicted octanol–water partition coefficient (Wildman–Crippen LogP) is 4.50. The maximum absolute atomic E-state index is 12.3. The number of nitrogens with zero attached hydrogens (tertiary/aromatic N) is 3. The number of hydrogen-bond donors (Lipinski definition) is 3. The molecule has 0 unspecified atom stereocenters. The summed E-state index contributed by atoms with van der Waals surface area (Å²) in [5.41, 5.74) is 3.42. The van der Waals surface area contributed by atoms with Crippen LogP contribution in [0.5, 0.6) is 0 Å². The second-order valence-corrected chi connectivity index (χ2v) is 7.31. The number of aryl methyl sites for hydroxylation is 1. The van der Waals surface area contributed by atoms with Gasteiger partial charge in [0, 0.05) is 48.0 Å². The quantitative estimate of drug-likeness (QED) is 0.636. The van der Waals surface area contributed by atoms with E-state index in [1.54, 1.807) is 17.1 Å². The molecule has 0 saturated heterocycles. The van der Waals surface area contributed by atoms with Crippen LogP contribution < -0.4 is 16.0 Å². The number of benzene rings is 1. The maximum atomic E-state index is 12.3. The minimum Gasteiger partial charge on any atom is -0.355 e. The number of amides is 2. The molecule has 0 aliphatic rings. The van der Waals surface area contributed by atoms with Crippen LogP contribution >= 0.6 is 0 Å². The maximum Gasteiger partial charge on any atom is 0.324 e. The van der Waals surface area contributed by atoms with Crippen molar-refractivity contribution in [2.24, 2.45) is 7.05 Å². The molecule has 2 aromatic heterocycles. The number of urea groups is 1. The molecule has 2 amide bonds. The Morgan fingerprint density at radius 3 is 2.11 bits per heavy atom. The molecule has 27 heavy (non-hydrogen) atoms. The van der Waals surface area contributed by atoms with Crippen molar-refractivity contribution in [1.82, 2.24) is 14.8 Å². The fourth-order valence-corrected chi connectivity index (χ4v) is 2.47. The second-order valence-electron chi connectivity index (χ2n) is 7.31. The molecule has 3 rings (SSSR count). The van der Waals surface area contributed by atoms with Crippen LogP contribution in [0.25, 0.3) is 0 Å². The van der Waals surface area contributed by atoms with E-state index in [0.717, 1.165) is 17.1 Å². The lowest BCUT2D eigenvalue weighted by molar-refractivity contribution is 0.262. The Bertz CT molecular complexity index is 910. The number of nitrogens with one attached hydrogen (secondary N) is 3. The van der Waals surface area contributed by atoms with Crippen molar-refractivity contribution in [3.63, 3.8) is 0 Å². The molecule has 2 heterocycles. The molecule has 3 aromatic rings. The first-order valence-electron chi connectivity index (χ1n) is 8.71. The van der Waals surface area contributed by atoms with E-state index in [-0.39, 0.29) is 11.4 Å². The van der Waals surface area contributed by atoms with Crippen molar-refractivity contribution in [2.75, 3.05) is 16.0 Å². The Labute approximate surface area is 158 Å². The lowest BCUT2D eigenvalue weighted by atomic mass is 9.92. The molecule has 0 fully saturated rings. The van der Waals surface area contributed by atoms with Crippen LogP contribution in [0.3, 0.4) is 0 Å². The van der Waals surface area contributed by atoms with Gasteiger partial charge in [-0.25, -0.2) is 4.79 Å². The van der Waals surface area contributed by atoms with Crippen LogP contribution in [0.4, 0.5) is 27.7 Å². The number of carbonyl (C=O) groups excluding carboxylic acids is 1. The molecule has 140 valence electrons. The van der Waals surface area contributed by atoms with Gasteiger partial charge in [0.2, 0.25) is 0 Å². The minimum atomic E-state index is -0.312. The largest absolute Gasteiger partial charge is 0.355 e. The van der Waals surface area contributed by atoms with E-state index in [1.165, 1.54) is 0 Å². The van der Waals surface area contributed by atoms with Gasteiger partial charge in [-0.05, 0) is 36.4 Å². The number of anilines is 4. The zero-order valence-electron chi connectivity index (χ0n) is 15.9. The monoisotopic (exact) mass is 364 g/mol. The first kappa shape index (κ1) is 18.4. The summed E-state index contributed by atoms with van der Waals surface area (Å²) in [4.78, 5) is 16.3. The average molecular weight is 364 g/mol. The third-order valence-electron chi connectivity index (χ3n) is 4.00. The van der Waals surface area contributed by atoms with E-state index >= 15 is 0 Å². The number of carbonyl (C=O) groups is 1. The molecule has 0 saturated carbocycles. The molecule has 0 aliphatic carbocycles. The van der Waals surface area contributed by atoms with Crippen LogP contribution in [0.15, 0.2) is 54.9 Å². The summed E-state index contributed by atoms with van der Waals surface area (Å²) in [6, 6.07) is 12.8. The third-order valence-corrected chi connectivity index (χ3v) is 4.00. The van der Waals surface area contributed by atoms with Crippen LogP contribution in [-0.2, 0) is 12.5 Å². The highest BCUT2D eigenvalue weighted by molar-refractivity contribution is 5.99. The lowest BCUT2D eigenvalue weighted by Crippen LogP contribution is -2.20. The van der Waals surface area contributed by atoms with Crippen molar-refractivity contribution in [2.45, 2.75) is 26.2 Å². The van der Waals surface area contributed by atoms with Gasteiger partial charge in [0.25, 0.3) is 0 Å². The molecule has 7 nitrogen and oxygen atoms in total. The molecule has 0 bridgehead atoms. The Kier molecular flexibility index (Phi) is 5.12. The van der Waals surface area contributed by atoms with Crippen molar-refractivity contribution in [1.29, 1.82) is 0 Å². The molecule has 0 spiro atoms. The van der Waals surface area contributed by atoms with Gasteiger partial charge in [-0.15, -0.1) is 0 Å². The summed E-state index contributed by atoms with van der Waals surface area (Å²) in [6.45, 7) is 6.25. The highest BCUT2D eigenvalue weighted by atomic mass is 16.2. The van der Waals surface area contributed by atoms with Gasteiger partial charge in [-0.3, -0.25) is 15.0 Å². The molecule has 7 heteroatoms. The molecule has 0 radical (unpaired) electrons. The molecule has 3 N–H and O–H groups in total. The summed E-state index contributed by atoms with van der Waals surface area (Å²) < 4.78 is 1.67. The topological polar surface area (TPSA) is 83.9 Å². The predicted molar refractivity (Wildman–Crippen MR) is 109 cm³/mol. The van der Waals surface area contributed by atoms with Gasteiger partial charge in [-0.1, -0.05) is 20.8 Å². The Morgan fingerprint density at radius 1 is 0.926 bits per heavy atom. The second kappa shape index (κ2) is 7.49. The third kappa shape index (κ3) is 4.84. The van der Waals surface area contributed by atoms with Crippen molar-refractivity contribution in [3.8, 4) is 0 Å². The average Bonchev–Trinajstić information content (AvgIpc) is 2.98. The van der Waals surface area contributed by atoms with E-state index in [4.69, 9.17) is 0 Å². The standard InChI is InChI=1S/C20H24N6O/c1-20(2,3)17-13-18(26(4)25-17)24-19(27)23-15-7-5-14(6-8-15)22-16-9-11-21-12-10-16/h5-13H,1-4H3,(H,21,22)(H2,23,24,27). The van der Waals surface area contributed by atoms with Gasteiger partial charge in [0.1, 0.15) is 5.82 Å². The lowest BCUT2D eigenvalue weighted by Gasteiger charge is -2.13. The summed E-state index contributed by atoms with van der Waals surface area (Å²) in [6.07, 6.45) is 3.46. The Hall–Kier alpha value is -3.35. The van der Waals surface area contributed by atoms with E-state index in [2.05, 4.69) is 46.8 Å². The van der Waals surface area contributed by atoms with Crippen LogP contribution in [0, 0.1) is 0 Å². The van der Waals surface area contributed by atoms with E-state index in [0.29, 0.717) is 11.5 Å².